The average molecular weight is 1330 g/mol. The van der Waals surface area contributed by atoms with Gasteiger partial charge in [0.2, 0.25) is 82.7 Å². The van der Waals surface area contributed by atoms with Gasteiger partial charge in [-0.05, 0) is 42.4 Å². The Labute approximate surface area is 542 Å². The zero-order chi connectivity index (χ0) is 69.6. The Balaban J connectivity index is 1.46. The quantitative estimate of drug-likeness (QED) is 0.0265. The molecular weight excluding hydrogens is 1240 g/mol. The third-order valence-corrected chi connectivity index (χ3v) is 14.6. The Morgan fingerprint density at radius 1 is 0.537 bits per heavy atom. The van der Waals surface area contributed by atoms with Crippen LogP contribution >= 0.6 is 0 Å². The number of guanidine groups is 1. The van der Waals surface area contributed by atoms with Crippen LogP contribution in [0.5, 0.6) is 0 Å². The molecule has 1 fully saturated rings. The highest BCUT2D eigenvalue weighted by molar-refractivity contribution is 6.00. The zero-order valence-corrected chi connectivity index (χ0v) is 52.1. The van der Waals surface area contributed by atoms with Crippen molar-refractivity contribution in [2.75, 3.05) is 45.8 Å². The molecule has 1 saturated heterocycles. The number of amides is 14. The number of benzene rings is 2. The Morgan fingerprint density at radius 2 is 1.02 bits per heavy atom. The van der Waals surface area contributed by atoms with Crippen molar-refractivity contribution in [3.8, 4) is 0 Å². The van der Waals surface area contributed by atoms with Crippen LogP contribution in [0.25, 0.3) is 10.9 Å². The second-order valence-electron chi connectivity index (χ2n) is 22.0. The number of carbonyl (C=O) groups excluding carboxylic acids is 14. The number of aliphatic carboxylic acids is 1. The number of carbonyl (C=O) groups is 15. The maximum atomic E-state index is 14.7. The standard InChI is InChI=1S/C59H80N20O16/c1-3-31(2)51-58(95)76-38(15-16-43(60)80)53(90)70-26-46(83)68-27-47(84)73-37(14-9-17-64-59(61)62)52(89)69-25-45(82)66-24-44(81)67-28-48(85)75-42(21-50(87)88)56(93)78-40(19-33-22-65-36-13-8-7-12-35(33)36)55(92)77-39(18-32-10-5-4-6-11-32)54(91)71-29-49(86)74-41(57(94)79-51)20-34-23-63-30-72-34/h4-8,10-13,22-23,30-31,37-42,51,65H,3,9,14-21,24-29H2,1-2H3,(H2,60,80)(H,63,72)(H,66,82)(H,67,81)(H,68,83)(H,69,89)(H,70,90)(H,71,91)(H,73,84)(H,74,86)(H,75,85)(H,76,95)(H,77,92)(H,78,93)(H,79,94)(H,87,88)(H4,61,62,64)/t31-,37+,38+,39+,40+,41+,42+,51+/m1/s1. The smallest absolute Gasteiger partial charge is 0.305 e. The number of fused-ring (bicyclic) bond motifs is 1. The summed E-state index contributed by atoms with van der Waals surface area (Å²) in [5.74, 6) is -16.0. The van der Waals surface area contributed by atoms with Gasteiger partial charge in [-0.1, -0.05) is 68.8 Å². The summed E-state index contributed by atoms with van der Waals surface area (Å²) < 4.78 is 0. The van der Waals surface area contributed by atoms with Gasteiger partial charge >= 0.3 is 5.97 Å². The highest BCUT2D eigenvalue weighted by Crippen LogP contribution is 2.20. The van der Waals surface area contributed by atoms with Crippen LogP contribution in [-0.2, 0) is 91.2 Å². The predicted molar refractivity (Wildman–Crippen MR) is 336 cm³/mol. The van der Waals surface area contributed by atoms with Crippen molar-refractivity contribution in [2.24, 2.45) is 28.1 Å². The second-order valence-corrected chi connectivity index (χ2v) is 22.0. The minimum Gasteiger partial charge on any atom is -0.481 e. The van der Waals surface area contributed by atoms with Gasteiger partial charge in [-0.2, -0.15) is 0 Å². The summed E-state index contributed by atoms with van der Waals surface area (Å²) in [6.07, 6.45) is 1.88. The van der Waals surface area contributed by atoms with Gasteiger partial charge in [-0.15, -0.1) is 0 Å². The Hall–Kier alpha value is -11.5. The lowest BCUT2D eigenvalue weighted by atomic mass is 9.96. The van der Waals surface area contributed by atoms with Crippen LogP contribution in [0.2, 0.25) is 0 Å². The minimum atomic E-state index is -1.89. The van der Waals surface area contributed by atoms with Gasteiger partial charge in [0.25, 0.3) is 0 Å². The fourth-order valence-corrected chi connectivity index (χ4v) is 9.42. The molecule has 2 aromatic heterocycles. The highest BCUT2D eigenvalue weighted by Gasteiger charge is 2.35. The second kappa shape index (κ2) is 37.7. The molecule has 1 aliphatic heterocycles. The number of nitrogens with zero attached hydrogens (tertiary/aromatic N) is 2. The monoisotopic (exact) mass is 1320 g/mol. The van der Waals surface area contributed by atoms with E-state index in [-0.39, 0.29) is 57.5 Å². The number of primary amides is 1. The van der Waals surface area contributed by atoms with E-state index in [9.17, 15) is 77.0 Å². The van der Waals surface area contributed by atoms with Gasteiger partial charge in [-0.3, -0.25) is 76.9 Å². The van der Waals surface area contributed by atoms with Crippen molar-refractivity contribution in [2.45, 2.75) is 114 Å². The Bertz CT molecular complexity index is 3430. The molecule has 0 saturated carbocycles. The molecule has 95 heavy (non-hydrogen) atoms. The van der Waals surface area contributed by atoms with Crippen molar-refractivity contribution in [1.82, 2.24) is 84.1 Å². The number of hydrogen-bond donors (Lipinski definition) is 19. The van der Waals surface area contributed by atoms with E-state index in [1.807, 2.05) is 0 Å². The molecule has 0 spiro atoms. The van der Waals surface area contributed by atoms with E-state index in [1.165, 1.54) is 12.5 Å². The number of rotatable bonds is 17. The first-order valence-electron chi connectivity index (χ1n) is 30.1. The Morgan fingerprint density at radius 3 is 1.59 bits per heavy atom. The first-order chi connectivity index (χ1) is 45.3. The maximum Gasteiger partial charge on any atom is 0.305 e. The fourth-order valence-electron chi connectivity index (χ4n) is 9.42. The van der Waals surface area contributed by atoms with E-state index in [4.69, 9.17) is 17.2 Å². The number of nitrogens with two attached hydrogens (primary N) is 3. The average Bonchev–Trinajstić information content (AvgIpc) is 1.75. The van der Waals surface area contributed by atoms with Crippen LogP contribution in [-0.4, -0.2) is 203 Å². The molecule has 5 rings (SSSR count). The molecule has 2 aromatic carbocycles. The van der Waals surface area contributed by atoms with Crippen LogP contribution in [0.4, 0.5) is 0 Å². The van der Waals surface area contributed by atoms with Crippen molar-refractivity contribution >= 4 is 106 Å². The molecule has 0 bridgehead atoms. The van der Waals surface area contributed by atoms with E-state index < -0.39 is 189 Å². The largest absolute Gasteiger partial charge is 0.481 e. The van der Waals surface area contributed by atoms with E-state index in [0.717, 1.165) is 0 Å². The molecule has 0 unspecified atom stereocenters. The Kier molecular flexibility index (Phi) is 29.5. The molecule has 22 N–H and O–H groups in total. The minimum absolute atomic E-state index is 0.00412. The third-order valence-electron chi connectivity index (χ3n) is 14.6. The number of hydrogen-bond acceptors (Lipinski definition) is 17. The van der Waals surface area contributed by atoms with Gasteiger partial charge < -0.3 is 101 Å². The van der Waals surface area contributed by atoms with E-state index >= 15 is 0 Å². The van der Waals surface area contributed by atoms with Crippen LogP contribution in [0.15, 0.2) is 78.3 Å². The predicted octanol–water partition coefficient (Wildman–Crippen LogP) is -7.14. The van der Waals surface area contributed by atoms with E-state index in [2.05, 4.69) is 89.1 Å². The van der Waals surface area contributed by atoms with Crippen molar-refractivity contribution in [1.29, 1.82) is 0 Å². The summed E-state index contributed by atoms with van der Waals surface area (Å²) >= 11 is 0. The number of aromatic amines is 2. The number of carboxylic acids is 1. The molecule has 36 heteroatoms. The number of nitrogens with one attached hydrogen (secondary N) is 15. The molecule has 3 heterocycles. The lowest BCUT2D eigenvalue weighted by Gasteiger charge is -2.28. The van der Waals surface area contributed by atoms with Gasteiger partial charge in [0.15, 0.2) is 5.96 Å². The molecule has 0 radical (unpaired) electrons. The number of para-hydroxylation sites is 1. The topological polar surface area (TPSA) is 568 Å². The molecule has 4 aromatic rings. The zero-order valence-electron chi connectivity index (χ0n) is 52.1. The molecule has 36 nitrogen and oxygen atoms in total. The van der Waals surface area contributed by atoms with Crippen LogP contribution < -0.4 is 86.3 Å². The molecule has 8 atom stereocenters. The number of H-pyrrole nitrogens is 2. The molecular formula is C59H80N20O16. The normalized spacial score (nSPS) is 21.7. The van der Waals surface area contributed by atoms with Gasteiger partial charge in [0.05, 0.1) is 52.0 Å². The van der Waals surface area contributed by atoms with E-state index in [1.54, 1.807) is 74.6 Å². The molecule has 0 aliphatic carbocycles. The van der Waals surface area contributed by atoms with Crippen LogP contribution in [0.3, 0.4) is 0 Å². The third kappa shape index (κ3) is 26.0. The SMILES string of the molecule is CC[C@@H](C)[C@@H]1NC(=O)[C@H](Cc2cnc[nH]2)NC(=O)CNC(=O)[C@H](Cc2ccccc2)NC(=O)[C@H](Cc2c[nH]c3ccccc23)NC(=O)[C@H](CC(=O)O)NC(=O)CNC(=O)CNC(=O)CNC(=O)[C@H](CCCN=C(N)N)NC(=O)CNC(=O)CNC(=O)[C@H](CCC(N)=O)NC1=O. The fraction of sp³-hybridized carbons (Fsp3) is 0.441. The summed E-state index contributed by atoms with van der Waals surface area (Å²) in [4.78, 5) is 216. The summed E-state index contributed by atoms with van der Waals surface area (Å²) in [7, 11) is 0. The molecule has 1 aliphatic rings. The maximum absolute atomic E-state index is 14.7. The van der Waals surface area contributed by atoms with Crippen LogP contribution in [0, 0.1) is 5.92 Å². The van der Waals surface area contributed by atoms with Gasteiger partial charge in [0, 0.05) is 61.2 Å². The first kappa shape index (κ1) is 74.2. The molecule has 512 valence electrons. The van der Waals surface area contributed by atoms with Crippen molar-refractivity contribution in [3.05, 3.63) is 90.1 Å². The summed E-state index contributed by atoms with van der Waals surface area (Å²) in [5, 5.41) is 41.7. The van der Waals surface area contributed by atoms with Gasteiger partial charge in [-0.25, -0.2) is 4.98 Å². The van der Waals surface area contributed by atoms with Crippen molar-refractivity contribution < 1.29 is 77.0 Å². The number of carboxylic acid groups (broad SMARTS) is 1. The van der Waals surface area contributed by atoms with Crippen molar-refractivity contribution in [3.63, 3.8) is 0 Å². The van der Waals surface area contributed by atoms with Gasteiger partial charge in [0.1, 0.15) is 42.3 Å². The summed E-state index contributed by atoms with van der Waals surface area (Å²) in [5.41, 5.74) is 18.2. The van der Waals surface area contributed by atoms with E-state index in [0.29, 0.717) is 27.7 Å². The molecule has 14 amide bonds. The summed E-state index contributed by atoms with van der Waals surface area (Å²) in [6, 6.07) is 4.41. The lowest BCUT2D eigenvalue weighted by molar-refractivity contribution is -0.141. The number of aliphatic imine (C=N–C) groups is 1. The summed E-state index contributed by atoms with van der Waals surface area (Å²) in [6.45, 7) is -1.45. The number of aromatic nitrogens is 3. The first-order valence-corrected chi connectivity index (χ1v) is 30.1. The lowest BCUT2D eigenvalue weighted by Crippen LogP contribution is -2.60. The number of imidazole rings is 1. The van der Waals surface area contributed by atoms with Crippen LogP contribution in [0.1, 0.15) is 69.2 Å². The highest BCUT2D eigenvalue weighted by atomic mass is 16.4.